The molecule has 0 aliphatic heterocycles. The first-order valence-electron chi connectivity index (χ1n) is 16.9. The molecular formula is C45H34N5Pt-. The topological polar surface area (TPSA) is 30.9 Å². The maximum atomic E-state index is 4.81. The third-order valence-electron chi connectivity index (χ3n) is 9.53. The summed E-state index contributed by atoms with van der Waals surface area (Å²) < 4.78 is 6.69. The average molecular weight is 840 g/mol. The number of fused-ring (bicyclic) bond motifs is 4. The Balaban J connectivity index is 0.00000374. The number of benzene rings is 6. The van der Waals surface area contributed by atoms with Gasteiger partial charge < -0.3 is 9.47 Å². The SMILES string of the molecule is Cc1ccnc(-n2c3[c-]c(N(c4[c-]c(-n5[cH+]n(-c6ccccc6)c6ccccc65)ccc4)c4c(C)cccc4C)ccc3c3ccccc32)c1.[Pt]. The van der Waals surface area contributed by atoms with Crippen LogP contribution in [-0.2, 0) is 21.1 Å². The van der Waals surface area contributed by atoms with Crippen molar-refractivity contribution in [2.24, 2.45) is 0 Å². The predicted molar refractivity (Wildman–Crippen MR) is 206 cm³/mol. The van der Waals surface area contributed by atoms with Gasteiger partial charge in [-0.2, -0.15) is 16.7 Å². The summed E-state index contributed by atoms with van der Waals surface area (Å²) in [6.07, 6.45) is 4.04. The fraction of sp³-hybridized carbons (Fsp3) is 0.0667. The Labute approximate surface area is 311 Å². The molecule has 0 unspecified atom stereocenters. The number of anilines is 3. The van der Waals surface area contributed by atoms with Crippen molar-refractivity contribution < 1.29 is 21.1 Å². The summed E-state index contributed by atoms with van der Waals surface area (Å²) >= 11 is 0. The summed E-state index contributed by atoms with van der Waals surface area (Å²) in [5.74, 6) is 0.878. The molecule has 3 aromatic heterocycles. The molecular weight excluding hydrogens is 806 g/mol. The summed E-state index contributed by atoms with van der Waals surface area (Å²) in [6.45, 7) is 6.45. The molecule has 0 saturated heterocycles. The standard InChI is InChI=1S/C45H34N5.Pt/c1-31-25-26-46-44(27-31)50-40-20-8-7-19-38(40)39-24-23-37(29-43(39)50)49(45-32(2)13-11-14-33(45)3)36-18-12-17-35(28-36)48-30-47(34-15-5-4-6-16-34)41-21-9-10-22-42(41)48;/h4-27,30H,1-3H3;/q-1;. The number of aryl methyl sites for hydroxylation is 3. The van der Waals surface area contributed by atoms with Gasteiger partial charge in [-0.15, -0.1) is 29.7 Å². The Morgan fingerprint density at radius 2 is 1.25 bits per heavy atom. The summed E-state index contributed by atoms with van der Waals surface area (Å²) in [7, 11) is 0. The quantitative estimate of drug-likeness (QED) is 0.156. The van der Waals surface area contributed by atoms with Crippen LogP contribution < -0.4 is 4.90 Å². The molecule has 5 nitrogen and oxygen atoms in total. The maximum absolute atomic E-state index is 4.81. The molecule has 0 atom stereocenters. The smallest absolute Gasteiger partial charge is 0.168 e. The Morgan fingerprint density at radius 1 is 0.588 bits per heavy atom. The van der Waals surface area contributed by atoms with E-state index in [2.05, 4.69) is 185 Å². The van der Waals surface area contributed by atoms with Crippen LogP contribution in [0.15, 0.2) is 152 Å². The zero-order chi connectivity index (χ0) is 33.8. The minimum absolute atomic E-state index is 0. The normalized spacial score (nSPS) is 11.3. The number of para-hydroxylation sites is 5. The van der Waals surface area contributed by atoms with Gasteiger partial charge in [-0.3, -0.25) is 0 Å². The van der Waals surface area contributed by atoms with Crippen LogP contribution in [0.4, 0.5) is 17.1 Å². The molecule has 0 fully saturated rings. The molecule has 0 radical (unpaired) electrons. The first-order chi connectivity index (χ1) is 24.5. The van der Waals surface area contributed by atoms with E-state index in [0.717, 1.165) is 67.3 Å². The van der Waals surface area contributed by atoms with Crippen LogP contribution in [0.25, 0.3) is 50.0 Å². The molecule has 0 N–H and O–H groups in total. The molecule has 0 aliphatic rings. The number of hydrogen-bond donors (Lipinski definition) is 0. The van der Waals surface area contributed by atoms with Gasteiger partial charge in [0.05, 0.1) is 0 Å². The van der Waals surface area contributed by atoms with E-state index in [1.807, 2.05) is 18.3 Å². The van der Waals surface area contributed by atoms with Crippen LogP contribution in [0.5, 0.6) is 0 Å². The Bertz CT molecular complexity index is 2690. The number of rotatable bonds is 6. The second-order valence-electron chi connectivity index (χ2n) is 12.8. The first kappa shape index (κ1) is 32.4. The summed E-state index contributed by atoms with van der Waals surface area (Å²) in [5, 5.41) is 2.31. The second-order valence-corrected chi connectivity index (χ2v) is 12.8. The average Bonchev–Trinajstić information content (AvgIpc) is 3.70. The van der Waals surface area contributed by atoms with E-state index in [4.69, 9.17) is 4.98 Å². The van der Waals surface area contributed by atoms with E-state index in [1.165, 1.54) is 16.5 Å². The third-order valence-corrected chi connectivity index (χ3v) is 9.53. The molecule has 0 spiro atoms. The van der Waals surface area contributed by atoms with Crippen molar-refractivity contribution in [3.8, 4) is 17.2 Å². The number of pyridine rings is 1. The van der Waals surface area contributed by atoms with E-state index in [1.54, 1.807) is 0 Å². The van der Waals surface area contributed by atoms with Gasteiger partial charge in [-0.25, -0.2) is 9.55 Å². The number of nitrogens with zero attached hydrogens (tertiary/aromatic N) is 5. The minimum atomic E-state index is 0. The number of hydrogen-bond acceptors (Lipinski definition) is 2. The van der Waals surface area contributed by atoms with Crippen LogP contribution in [0, 0.1) is 32.9 Å². The van der Waals surface area contributed by atoms with Gasteiger partial charge in [-0.1, -0.05) is 89.7 Å². The van der Waals surface area contributed by atoms with E-state index in [-0.39, 0.29) is 21.1 Å². The van der Waals surface area contributed by atoms with Crippen molar-refractivity contribution in [3.05, 3.63) is 181 Å². The van der Waals surface area contributed by atoms with Crippen LogP contribution in [0.3, 0.4) is 0 Å². The molecule has 6 aromatic carbocycles. The van der Waals surface area contributed by atoms with Crippen LogP contribution in [0.2, 0.25) is 0 Å². The van der Waals surface area contributed by atoms with Crippen LogP contribution >= 0.6 is 0 Å². The monoisotopic (exact) mass is 839 g/mol. The van der Waals surface area contributed by atoms with Gasteiger partial charge >= 0.3 is 0 Å². The molecule has 6 heteroatoms. The zero-order valence-electron chi connectivity index (χ0n) is 28.5. The molecule has 0 amide bonds. The minimum Gasteiger partial charge on any atom is -0.357 e. The number of aromatic nitrogens is 4. The van der Waals surface area contributed by atoms with Gasteiger partial charge in [0.15, 0.2) is 17.4 Å². The fourth-order valence-corrected chi connectivity index (χ4v) is 7.24. The van der Waals surface area contributed by atoms with Gasteiger partial charge in [-0.05, 0) is 73.2 Å². The molecule has 0 aliphatic carbocycles. The summed E-state index contributed by atoms with van der Waals surface area (Å²) in [5.41, 5.74) is 12.8. The van der Waals surface area contributed by atoms with Gasteiger partial charge in [0.25, 0.3) is 0 Å². The Morgan fingerprint density at radius 3 is 2.02 bits per heavy atom. The Hall–Kier alpha value is -5.77. The molecule has 9 aromatic rings. The van der Waals surface area contributed by atoms with Gasteiger partial charge in [0.2, 0.25) is 0 Å². The van der Waals surface area contributed by atoms with Crippen molar-refractivity contribution in [2.45, 2.75) is 20.8 Å². The van der Waals surface area contributed by atoms with Crippen molar-refractivity contribution in [1.29, 1.82) is 0 Å². The first-order valence-corrected chi connectivity index (χ1v) is 16.9. The summed E-state index contributed by atoms with van der Waals surface area (Å²) in [4.78, 5) is 7.12. The van der Waals surface area contributed by atoms with E-state index >= 15 is 0 Å². The summed E-state index contributed by atoms with van der Waals surface area (Å²) in [6, 6.07) is 56.7. The third kappa shape index (κ3) is 5.55. The zero-order valence-corrected chi connectivity index (χ0v) is 30.8. The molecule has 0 saturated carbocycles. The molecule has 51 heavy (non-hydrogen) atoms. The van der Waals surface area contributed by atoms with Crippen molar-refractivity contribution in [2.75, 3.05) is 4.90 Å². The van der Waals surface area contributed by atoms with E-state index in [9.17, 15) is 0 Å². The molecule has 9 rings (SSSR count). The second kappa shape index (κ2) is 13.2. The van der Waals surface area contributed by atoms with Crippen LogP contribution in [-0.4, -0.2) is 18.7 Å². The Kier molecular flexibility index (Phi) is 8.37. The van der Waals surface area contributed by atoms with E-state index in [0.29, 0.717) is 0 Å². The fourth-order valence-electron chi connectivity index (χ4n) is 7.24. The molecule has 0 bridgehead atoms. The van der Waals surface area contributed by atoms with Crippen molar-refractivity contribution in [1.82, 2.24) is 18.7 Å². The van der Waals surface area contributed by atoms with Crippen molar-refractivity contribution >= 4 is 49.9 Å². The van der Waals surface area contributed by atoms with Crippen molar-refractivity contribution in [3.63, 3.8) is 0 Å². The van der Waals surface area contributed by atoms with Crippen LogP contribution in [0.1, 0.15) is 16.7 Å². The number of imidazole rings is 1. The largest absolute Gasteiger partial charge is 0.357 e. The van der Waals surface area contributed by atoms with Gasteiger partial charge in [0.1, 0.15) is 11.5 Å². The molecule has 3 heterocycles. The maximum Gasteiger partial charge on any atom is 0.168 e. The van der Waals surface area contributed by atoms with Gasteiger partial charge in [0, 0.05) is 56.3 Å². The van der Waals surface area contributed by atoms with E-state index < -0.39 is 0 Å². The predicted octanol–water partition coefficient (Wildman–Crippen LogP) is 11.2. The molecule has 250 valence electrons.